The van der Waals surface area contributed by atoms with E-state index in [1.807, 2.05) is 11.8 Å². The second kappa shape index (κ2) is 5.84. The summed E-state index contributed by atoms with van der Waals surface area (Å²) in [5.74, 6) is 1.87. The number of nitrogens with two attached hydrogens (primary N) is 1. The van der Waals surface area contributed by atoms with Gasteiger partial charge in [0.2, 0.25) is 0 Å². The predicted octanol–water partition coefficient (Wildman–Crippen LogP) is 1.49. The Kier molecular flexibility index (Phi) is 5.04. The fraction of sp³-hybridized carbons (Fsp3) is 1.00. The Hall–Kier alpha value is 0.270. The molecule has 0 spiro atoms. The summed E-state index contributed by atoms with van der Waals surface area (Å²) in [5, 5.41) is 0. The normalized spacial score (nSPS) is 30.5. The van der Waals surface area contributed by atoms with Gasteiger partial charge < -0.3 is 10.5 Å². The zero-order chi connectivity index (χ0) is 8.81. The number of thioether (sulfide) groups is 1. The molecule has 2 atom stereocenters. The minimum atomic E-state index is 0.389. The molecule has 2 unspecified atom stereocenters. The van der Waals surface area contributed by atoms with Gasteiger partial charge in [-0.3, -0.25) is 0 Å². The van der Waals surface area contributed by atoms with E-state index < -0.39 is 0 Å². The molecule has 0 saturated carbocycles. The lowest BCUT2D eigenvalue weighted by Crippen LogP contribution is -2.38. The lowest BCUT2D eigenvalue weighted by atomic mass is 9.92. The highest BCUT2D eigenvalue weighted by atomic mass is 32.2. The molecule has 0 aromatic carbocycles. The molecule has 3 heteroatoms. The van der Waals surface area contributed by atoms with Crippen LogP contribution in [0.1, 0.15) is 19.3 Å². The molecule has 0 amide bonds. The Bertz CT molecular complexity index is 121. The maximum Gasteiger partial charge on any atom is 0.0509 e. The third-order valence-corrected chi connectivity index (χ3v) is 3.15. The van der Waals surface area contributed by atoms with Gasteiger partial charge in [-0.2, -0.15) is 11.8 Å². The van der Waals surface area contributed by atoms with Crippen molar-refractivity contribution in [3.8, 4) is 0 Å². The van der Waals surface area contributed by atoms with Crippen LogP contribution in [0.15, 0.2) is 0 Å². The molecule has 2 N–H and O–H groups in total. The summed E-state index contributed by atoms with van der Waals surface area (Å²) >= 11 is 1.91. The topological polar surface area (TPSA) is 35.2 Å². The van der Waals surface area contributed by atoms with Crippen molar-refractivity contribution in [2.24, 2.45) is 11.7 Å². The molecule has 72 valence electrons. The number of hydrogen-bond donors (Lipinski definition) is 1. The molecule has 0 bridgehead atoms. The Balaban J connectivity index is 2.11. The van der Waals surface area contributed by atoms with E-state index in [0.717, 1.165) is 19.6 Å². The van der Waals surface area contributed by atoms with Crippen LogP contribution < -0.4 is 5.73 Å². The fourth-order valence-electron chi connectivity index (χ4n) is 1.60. The SMILES string of the molecule is CSCCCC1COCCC1N. The van der Waals surface area contributed by atoms with E-state index in [0.29, 0.717) is 12.0 Å². The zero-order valence-corrected chi connectivity index (χ0v) is 8.61. The third-order valence-electron chi connectivity index (χ3n) is 2.46. The van der Waals surface area contributed by atoms with Gasteiger partial charge in [0.15, 0.2) is 0 Å². The number of rotatable bonds is 4. The van der Waals surface area contributed by atoms with Crippen LogP contribution in [0.4, 0.5) is 0 Å². The van der Waals surface area contributed by atoms with E-state index in [-0.39, 0.29) is 0 Å². The monoisotopic (exact) mass is 189 g/mol. The first kappa shape index (κ1) is 10.4. The smallest absolute Gasteiger partial charge is 0.0509 e. The van der Waals surface area contributed by atoms with Gasteiger partial charge in [-0.25, -0.2) is 0 Å². The molecule has 0 aliphatic carbocycles. The maximum absolute atomic E-state index is 5.97. The van der Waals surface area contributed by atoms with Crippen LogP contribution in [0.3, 0.4) is 0 Å². The first-order valence-corrected chi connectivity index (χ1v) is 6.06. The van der Waals surface area contributed by atoms with Gasteiger partial charge >= 0.3 is 0 Å². The molecule has 1 aliphatic rings. The Morgan fingerprint density at radius 2 is 2.42 bits per heavy atom. The third kappa shape index (κ3) is 3.33. The number of hydrogen-bond acceptors (Lipinski definition) is 3. The summed E-state index contributed by atoms with van der Waals surface area (Å²) in [6, 6.07) is 0.389. The zero-order valence-electron chi connectivity index (χ0n) is 7.79. The average molecular weight is 189 g/mol. The van der Waals surface area contributed by atoms with Crippen molar-refractivity contribution < 1.29 is 4.74 Å². The molecule has 0 radical (unpaired) electrons. The average Bonchev–Trinajstić information content (AvgIpc) is 2.09. The van der Waals surface area contributed by atoms with Gasteiger partial charge in [-0.15, -0.1) is 0 Å². The van der Waals surface area contributed by atoms with E-state index in [1.54, 1.807) is 0 Å². The van der Waals surface area contributed by atoms with Crippen LogP contribution >= 0.6 is 11.8 Å². The molecule has 1 heterocycles. The first-order valence-electron chi connectivity index (χ1n) is 4.67. The van der Waals surface area contributed by atoms with Crippen molar-refractivity contribution >= 4 is 11.8 Å². The van der Waals surface area contributed by atoms with Gasteiger partial charge in [-0.05, 0) is 37.2 Å². The van der Waals surface area contributed by atoms with E-state index >= 15 is 0 Å². The minimum absolute atomic E-state index is 0.389. The lowest BCUT2D eigenvalue weighted by molar-refractivity contribution is 0.0387. The second-order valence-corrected chi connectivity index (χ2v) is 4.41. The molecule has 0 aromatic rings. The molecule has 1 rings (SSSR count). The highest BCUT2D eigenvalue weighted by Gasteiger charge is 2.21. The second-order valence-electron chi connectivity index (χ2n) is 3.42. The first-order chi connectivity index (χ1) is 5.84. The highest BCUT2D eigenvalue weighted by molar-refractivity contribution is 7.98. The van der Waals surface area contributed by atoms with Crippen molar-refractivity contribution in [1.29, 1.82) is 0 Å². The van der Waals surface area contributed by atoms with Gasteiger partial charge in [0.25, 0.3) is 0 Å². The molecule has 12 heavy (non-hydrogen) atoms. The van der Waals surface area contributed by atoms with Gasteiger partial charge in [0.1, 0.15) is 0 Å². The molecular weight excluding hydrogens is 170 g/mol. The quantitative estimate of drug-likeness (QED) is 0.681. The van der Waals surface area contributed by atoms with Crippen LogP contribution in [0.25, 0.3) is 0 Å². The van der Waals surface area contributed by atoms with Crippen molar-refractivity contribution in [3.63, 3.8) is 0 Å². The Labute approximate surface area is 79.2 Å². The fourth-order valence-corrected chi connectivity index (χ4v) is 2.06. The predicted molar refractivity (Wildman–Crippen MR) is 54.5 cm³/mol. The molecular formula is C9H19NOS. The van der Waals surface area contributed by atoms with E-state index in [4.69, 9.17) is 10.5 Å². The summed E-state index contributed by atoms with van der Waals surface area (Å²) < 4.78 is 5.40. The van der Waals surface area contributed by atoms with Crippen molar-refractivity contribution in [2.75, 3.05) is 25.2 Å². The van der Waals surface area contributed by atoms with Crippen LogP contribution in [0, 0.1) is 5.92 Å². The van der Waals surface area contributed by atoms with E-state index in [2.05, 4.69) is 6.26 Å². The van der Waals surface area contributed by atoms with Crippen molar-refractivity contribution in [1.82, 2.24) is 0 Å². The maximum atomic E-state index is 5.97. The van der Waals surface area contributed by atoms with E-state index in [1.165, 1.54) is 18.6 Å². The number of ether oxygens (including phenoxy) is 1. The Morgan fingerprint density at radius 1 is 1.58 bits per heavy atom. The minimum Gasteiger partial charge on any atom is -0.381 e. The van der Waals surface area contributed by atoms with Crippen molar-refractivity contribution in [2.45, 2.75) is 25.3 Å². The van der Waals surface area contributed by atoms with Gasteiger partial charge in [-0.1, -0.05) is 0 Å². The lowest BCUT2D eigenvalue weighted by Gasteiger charge is -2.28. The summed E-state index contributed by atoms with van der Waals surface area (Å²) in [5.41, 5.74) is 5.97. The van der Waals surface area contributed by atoms with Gasteiger partial charge in [0.05, 0.1) is 6.61 Å². The summed E-state index contributed by atoms with van der Waals surface area (Å²) in [4.78, 5) is 0. The summed E-state index contributed by atoms with van der Waals surface area (Å²) in [6.45, 7) is 1.75. The molecule has 0 aromatic heterocycles. The van der Waals surface area contributed by atoms with Crippen molar-refractivity contribution in [3.05, 3.63) is 0 Å². The van der Waals surface area contributed by atoms with Gasteiger partial charge in [0, 0.05) is 12.6 Å². The molecule has 1 fully saturated rings. The van der Waals surface area contributed by atoms with E-state index in [9.17, 15) is 0 Å². The van der Waals surface area contributed by atoms with Crippen LogP contribution in [-0.2, 0) is 4.74 Å². The Morgan fingerprint density at radius 3 is 3.08 bits per heavy atom. The highest BCUT2D eigenvalue weighted by Crippen LogP contribution is 2.18. The standard InChI is InChI=1S/C9H19NOS/c1-12-6-2-3-8-7-11-5-4-9(8)10/h8-9H,2-7,10H2,1H3. The summed E-state index contributed by atoms with van der Waals surface area (Å²) in [6.07, 6.45) is 5.71. The largest absolute Gasteiger partial charge is 0.381 e. The van der Waals surface area contributed by atoms with Crippen LogP contribution in [0.5, 0.6) is 0 Å². The molecule has 2 nitrogen and oxygen atoms in total. The summed E-state index contributed by atoms with van der Waals surface area (Å²) in [7, 11) is 0. The molecule has 1 saturated heterocycles. The van der Waals surface area contributed by atoms with Crippen LogP contribution in [0.2, 0.25) is 0 Å². The molecule has 1 aliphatic heterocycles. The van der Waals surface area contributed by atoms with Crippen LogP contribution in [-0.4, -0.2) is 31.3 Å².